The predicted octanol–water partition coefficient (Wildman–Crippen LogP) is 8.22. The Hall–Kier alpha value is -3.48. The number of aromatic nitrogens is 1. The van der Waals surface area contributed by atoms with E-state index in [1.54, 1.807) is 11.3 Å². The van der Waals surface area contributed by atoms with E-state index in [1.165, 1.54) is 42.5 Å². The lowest BCUT2D eigenvalue weighted by atomic mass is 9.90. The molecule has 0 unspecified atom stereocenters. The van der Waals surface area contributed by atoms with Crippen LogP contribution in [-0.2, 0) is 24.4 Å². The molecule has 40 heavy (non-hydrogen) atoms. The minimum absolute atomic E-state index is 0.0210. The van der Waals surface area contributed by atoms with Crippen molar-refractivity contribution in [1.82, 2.24) is 9.88 Å². The standard InChI is InChI=1S/C34H41N3O2S/c1-4-9-28(10-5-2)29-17-19-31(20-18-29)36(3)21-27-13-15-30(16-14-27)32-25-40-33(35-32)23-37(24-34(38)39)22-26-11-7-6-8-12-26/h6-8,11-20,25,28H,4-5,9-10,21-24H2,1-3H3,(H,38,39). The molecule has 0 bridgehead atoms. The molecule has 3 aromatic carbocycles. The van der Waals surface area contributed by atoms with E-state index in [9.17, 15) is 9.90 Å². The van der Waals surface area contributed by atoms with Gasteiger partial charge in [-0.2, -0.15) is 0 Å². The third-order valence-corrected chi connectivity index (χ3v) is 8.10. The molecular weight excluding hydrogens is 514 g/mol. The van der Waals surface area contributed by atoms with Crippen molar-refractivity contribution in [2.75, 3.05) is 18.5 Å². The van der Waals surface area contributed by atoms with Crippen LogP contribution in [0.15, 0.2) is 84.2 Å². The summed E-state index contributed by atoms with van der Waals surface area (Å²) in [5.74, 6) is -0.168. The lowest BCUT2D eigenvalue weighted by Gasteiger charge is -2.21. The van der Waals surface area contributed by atoms with Gasteiger partial charge in [-0.05, 0) is 47.6 Å². The third kappa shape index (κ3) is 8.51. The SMILES string of the molecule is CCCC(CCC)c1ccc(N(C)Cc2ccc(-c3csc(CN(CC(=O)O)Cc4ccccc4)n3)cc2)cc1. The van der Waals surface area contributed by atoms with Gasteiger partial charge in [0, 0.05) is 36.8 Å². The first-order valence-electron chi connectivity index (χ1n) is 14.3. The van der Waals surface area contributed by atoms with Crippen LogP contribution in [0.25, 0.3) is 11.3 Å². The van der Waals surface area contributed by atoms with Gasteiger partial charge >= 0.3 is 5.97 Å². The van der Waals surface area contributed by atoms with E-state index in [0.717, 1.165) is 28.4 Å². The summed E-state index contributed by atoms with van der Waals surface area (Å²) in [7, 11) is 2.14. The van der Waals surface area contributed by atoms with Crippen molar-refractivity contribution in [1.29, 1.82) is 0 Å². The van der Waals surface area contributed by atoms with Crippen molar-refractivity contribution in [3.05, 3.63) is 106 Å². The summed E-state index contributed by atoms with van der Waals surface area (Å²) in [5.41, 5.74) is 7.03. The molecular formula is C34H41N3O2S. The number of hydrogen-bond donors (Lipinski definition) is 1. The molecule has 1 aromatic heterocycles. The number of anilines is 1. The van der Waals surface area contributed by atoms with E-state index in [2.05, 4.69) is 79.7 Å². The normalized spacial score (nSPS) is 11.3. The highest BCUT2D eigenvalue weighted by Crippen LogP contribution is 2.29. The van der Waals surface area contributed by atoms with Gasteiger partial charge in [-0.3, -0.25) is 9.69 Å². The summed E-state index contributed by atoms with van der Waals surface area (Å²) in [6.07, 6.45) is 4.96. The third-order valence-electron chi connectivity index (χ3n) is 7.27. The average molecular weight is 556 g/mol. The number of carbonyl (C=O) groups is 1. The molecule has 0 saturated heterocycles. The number of rotatable bonds is 15. The quantitative estimate of drug-likeness (QED) is 0.160. The maximum Gasteiger partial charge on any atom is 0.317 e. The highest BCUT2D eigenvalue weighted by atomic mass is 32.1. The Balaban J connectivity index is 1.36. The molecule has 0 saturated carbocycles. The van der Waals surface area contributed by atoms with E-state index in [1.807, 2.05) is 35.2 Å². The molecule has 0 aliphatic heterocycles. The molecule has 0 radical (unpaired) electrons. The van der Waals surface area contributed by atoms with Gasteiger partial charge in [0.1, 0.15) is 5.01 Å². The monoisotopic (exact) mass is 555 g/mol. The van der Waals surface area contributed by atoms with Crippen LogP contribution in [0, 0.1) is 0 Å². The van der Waals surface area contributed by atoms with E-state index in [-0.39, 0.29) is 6.54 Å². The zero-order chi connectivity index (χ0) is 28.3. The van der Waals surface area contributed by atoms with Crippen LogP contribution >= 0.6 is 11.3 Å². The van der Waals surface area contributed by atoms with Crippen molar-refractivity contribution in [3.8, 4) is 11.3 Å². The second-order valence-corrected chi connectivity index (χ2v) is 11.5. The van der Waals surface area contributed by atoms with Gasteiger partial charge in [0.15, 0.2) is 0 Å². The largest absolute Gasteiger partial charge is 0.480 e. The van der Waals surface area contributed by atoms with Gasteiger partial charge in [0.25, 0.3) is 0 Å². The first kappa shape index (κ1) is 29.5. The minimum atomic E-state index is -0.832. The highest BCUT2D eigenvalue weighted by molar-refractivity contribution is 7.09. The molecule has 0 spiro atoms. The molecule has 0 atom stereocenters. The fraction of sp³-hybridized carbons (Fsp3) is 0.353. The summed E-state index contributed by atoms with van der Waals surface area (Å²) in [6.45, 7) is 6.43. The van der Waals surface area contributed by atoms with E-state index >= 15 is 0 Å². The highest BCUT2D eigenvalue weighted by Gasteiger charge is 2.15. The fourth-order valence-electron chi connectivity index (χ4n) is 5.23. The number of thiazole rings is 1. The molecule has 0 fully saturated rings. The topological polar surface area (TPSA) is 56.7 Å². The lowest BCUT2D eigenvalue weighted by Crippen LogP contribution is -2.28. The first-order chi connectivity index (χ1) is 19.4. The summed E-state index contributed by atoms with van der Waals surface area (Å²) in [4.78, 5) is 20.5. The first-order valence-corrected chi connectivity index (χ1v) is 15.2. The van der Waals surface area contributed by atoms with Gasteiger partial charge in [0.2, 0.25) is 0 Å². The Labute approximate surface area is 243 Å². The minimum Gasteiger partial charge on any atom is -0.480 e. The van der Waals surface area contributed by atoms with Gasteiger partial charge < -0.3 is 10.0 Å². The van der Waals surface area contributed by atoms with Crippen molar-refractivity contribution in [3.63, 3.8) is 0 Å². The number of hydrogen-bond acceptors (Lipinski definition) is 5. The molecule has 1 N–H and O–H groups in total. The van der Waals surface area contributed by atoms with Gasteiger partial charge in [-0.25, -0.2) is 4.98 Å². The number of carboxylic acids is 1. The summed E-state index contributed by atoms with van der Waals surface area (Å²) < 4.78 is 0. The Kier molecular flexibility index (Phi) is 10.9. The molecule has 210 valence electrons. The van der Waals surface area contributed by atoms with Crippen molar-refractivity contribution < 1.29 is 9.90 Å². The lowest BCUT2D eigenvalue weighted by molar-refractivity contribution is -0.138. The Morgan fingerprint density at radius 3 is 2.12 bits per heavy atom. The van der Waals surface area contributed by atoms with Crippen LogP contribution in [0.3, 0.4) is 0 Å². The molecule has 0 amide bonds. The summed E-state index contributed by atoms with van der Waals surface area (Å²) >= 11 is 1.58. The molecule has 1 heterocycles. The van der Waals surface area contributed by atoms with Crippen molar-refractivity contribution in [2.45, 2.75) is 65.1 Å². The Bertz CT molecular complexity index is 1310. The van der Waals surface area contributed by atoms with Crippen molar-refractivity contribution >= 4 is 23.0 Å². The number of nitrogens with zero attached hydrogens (tertiary/aromatic N) is 3. The van der Waals surface area contributed by atoms with Gasteiger partial charge in [-0.15, -0.1) is 11.3 Å². The van der Waals surface area contributed by atoms with Crippen LogP contribution in [0.5, 0.6) is 0 Å². The van der Waals surface area contributed by atoms with Gasteiger partial charge in [-0.1, -0.05) is 93.4 Å². The second kappa shape index (κ2) is 14.8. The molecule has 4 rings (SSSR count). The number of carboxylic acid groups (broad SMARTS) is 1. The van der Waals surface area contributed by atoms with Crippen LogP contribution in [0.1, 0.15) is 67.1 Å². The fourth-order valence-corrected chi connectivity index (χ4v) is 6.07. The zero-order valence-corrected chi connectivity index (χ0v) is 24.7. The molecule has 4 aromatic rings. The second-order valence-electron chi connectivity index (χ2n) is 10.6. The maximum absolute atomic E-state index is 11.4. The van der Waals surface area contributed by atoms with E-state index in [4.69, 9.17) is 4.98 Å². The average Bonchev–Trinajstić information content (AvgIpc) is 3.42. The summed E-state index contributed by atoms with van der Waals surface area (Å²) in [5, 5.41) is 12.4. The molecule has 0 aliphatic carbocycles. The predicted molar refractivity (Wildman–Crippen MR) is 167 cm³/mol. The summed E-state index contributed by atoms with van der Waals surface area (Å²) in [6, 6.07) is 27.7. The van der Waals surface area contributed by atoms with E-state index in [0.29, 0.717) is 19.0 Å². The Morgan fingerprint density at radius 1 is 0.850 bits per heavy atom. The maximum atomic E-state index is 11.4. The van der Waals surface area contributed by atoms with Crippen LogP contribution < -0.4 is 4.90 Å². The number of aliphatic carboxylic acids is 1. The van der Waals surface area contributed by atoms with Crippen LogP contribution in [0.4, 0.5) is 5.69 Å². The van der Waals surface area contributed by atoms with Gasteiger partial charge in [0.05, 0.1) is 18.8 Å². The van der Waals surface area contributed by atoms with Crippen molar-refractivity contribution in [2.24, 2.45) is 0 Å². The Morgan fingerprint density at radius 2 is 1.50 bits per heavy atom. The van der Waals surface area contributed by atoms with Crippen LogP contribution in [-0.4, -0.2) is 34.6 Å². The molecule has 6 heteroatoms. The van der Waals surface area contributed by atoms with E-state index < -0.39 is 5.97 Å². The van der Waals surface area contributed by atoms with Crippen LogP contribution in [0.2, 0.25) is 0 Å². The molecule has 5 nitrogen and oxygen atoms in total. The number of benzene rings is 3. The zero-order valence-electron chi connectivity index (χ0n) is 23.9. The smallest absolute Gasteiger partial charge is 0.317 e. The molecule has 0 aliphatic rings.